The second-order valence-corrected chi connectivity index (χ2v) is 8.06. The molecular formula is C18H21BN2O7S. The smallest absolute Gasteiger partial charge is 0.464 e. The van der Waals surface area contributed by atoms with Gasteiger partial charge in [0, 0.05) is 37.2 Å². The van der Waals surface area contributed by atoms with E-state index in [2.05, 4.69) is 0 Å². The predicted molar refractivity (Wildman–Crippen MR) is 108 cm³/mol. The largest absolute Gasteiger partial charge is 0.471 e. The Bertz CT molecular complexity index is 1160. The number of aromatic nitrogens is 1. The highest BCUT2D eigenvalue weighted by molar-refractivity contribution is 7.83. The van der Waals surface area contributed by atoms with Crippen molar-refractivity contribution in [3.05, 3.63) is 70.3 Å². The van der Waals surface area contributed by atoms with E-state index < -0.39 is 23.4 Å². The van der Waals surface area contributed by atoms with Gasteiger partial charge in [-0.3, -0.25) is 9.35 Å². The summed E-state index contributed by atoms with van der Waals surface area (Å²) in [5.74, 6) is -1.35. The molecule has 3 N–H and O–H groups in total. The lowest BCUT2D eigenvalue weighted by Gasteiger charge is -2.28. The Kier molecular flexibility index (Phi) is 6.25. The first-order valence-corrected chi connectivity index (χ1v) is 10.3. The number of hydrogen-bond acceptors (Lipinski definition) is 6. The molecule has 0 saturated heterocycles. The average molecular weight is 420 g/mol. The van der Waals surface area contributed by atoms with Crippen LogP contribution in [-0.2, 0) is 30.2 Å². The third kappa shape index (κ3) is 4.77. The van der Waals surface area contributed by atoms with Crippen molar-refractivity contribution in [3.63, 3.8) is 0 Å². The van der Waals surface area contributed by atoms with Crippen LogP contribution < -0.4 is 5.56 Å². The van der Waals surface area contributed by atoms with Gasteiger partial charge in [0.15, 0.2) is 0 Å². The van der Waals surface area contributed by atoms with Crippen molar-refractivity contribution >= 4 is 28.4 Å². The number of fused-ring (bicyclic) bond motifs is 1. The fourth-order valence-corrected chi connectivity index (χ4v) is 4.15. The van der Waals surface area contributed by atoms with E-state index in [0.717, 1.165) is 0 Å². The summed E-state index contributed by atoms with van der Waals surface area (Å²) in [5, 5.41) is 20.4. The predicted octanol–water partition coefficient (Wildman–Crippen LogP) is 0.402. The fraction of sp³-hybridized carbons (Fsp3) is 0.278. The zero-order valence-electron chi connectivity index (χ0n) is 15.7. The molecule has 3 rings (SSSR count). The van der Waals surface area contributed by atoms with Gasteiger partial charge in [-0.05, 0) is 24.1 Å². The van der Waals surface area contributed by atoms with Crippen LogP contribution in [-0.4, -0.2) is 51.5 Å². The minimum atomic E-state index is -4.76. The Morgan fingerprint density at radius 1 is 1.17 bits per heavy atom. The van der Waals surface area contributed by atoms with Crippen LogP contribution in [0.2, 0.25) is 0 Å². The Morgan fingerprint density at radius 2 is 1.90 bits per heavy atom. The Labute approximate surface area is 167 Å². The molecule has 0 unspecified atom stereocenters. The molecule has 0 spiro atoms. The lowest BCUT2D eigenvalue weighted by molar-refractivity contribution is 0.278. The lowest BCUT2D eigenvalue weighted by Crippen LogP contribution is -2.51. The number of para-hydroxylation sites is 1. The maximum Gasteiger partial charge on any atom is 0.471 e. The zero-order valence-corrected chi connectivity index (χ0v) is 16.5. The summed E-state index contributed by atoms with van der Waals surface area (Å²) in [4.78, 5) is 11.8. The van der Waals surface area contributed by atoms with E-state index in [-0.39, 0.29) is 24.9 Å². The molecule has 2 heterocycles. The summed E-state index contributed by atoms with van der Waals surface area (Å²) < 4.78 is 41.1. The molecule has 29 heavy (non-hydrogen) atoms. The van der Waals surface area contributed by atoms with Gasteiger partial charge in [0.1, 0.15) is 5.58 Å². The van der Waals surface area contributed by atoms with Crippen LogP contribution in [0.5, 0.6) is 0 Å². The van der Waals surface area contributed by atoms with E-state index in [1.54, 1.807) is 43.4 Å². The van der Waals surface area contributed by atoms with E-state index in [4.69, 9.17) is 4.42 Å². The van der Waals surface area contributed by atoms with Gasteiger partial charge in [0.25, 0.3) is 0 Å². The topological polar surface area (TPSA) is 133 Å². The molecule has 0 aliphatic carbocycles. The highest BCUT2D eigenvalue weighted by Gasteiger charge is 2.37. The summed E-state index contributed by atoms with van der Waals surface area (Å²) in [5.41, 5.74) is 1.42. The third-order valence-electron chi connectivity index (χ3n) is 4.88. The SMILES string of the molecule is Cn1c(CCN([C@@H](Cc2coc3ccccc23)B(O)O)S(=O)(=O)O)cccc1=O. The molecule has 1 aromatic carbocycles. The first-order chi connectivity index (χ1) is 13.7. The summed E-state index contributed by atoms with van der Waals surface area (Å²) in [7, 11) is -5.27. The Balaban J connectivity index is 1.90. The molecule has 2 aromatic heterocycles. The van der Waals surface area contributed by atoms with Crippen molar-refractivity contribution in [2.75, 3.05) is 6.54 Å². The molecule has 0 aliphatic heterocycles. The maximum absolute atomic E-state index is 12.0. The molecule has 1 atom stereocenters. The Morgan fingerprint density at radius 3 is 2.59 bits per heavy atom. The van der Waals surface area contributed by atoms with Crippen molar-refractivity contribution in [1.29, 1.82) is 0 Å². The van der Waals surface area contributed by atoms with Crippen molar-refractivity contribution < 1.29 is 27.4 Å². The molecule has 9 nitrogen and oxygen atoms in total. The zero-order chi connectivity index (χ0) is 21.2. The van der Waals surface area contributed by atoms with Gasteiger partial charge in [0.2, 0.25) is 5.56 Å². The lowest BCUT2D eigenvalue weighted by atomic mass is 9.75. The quantitative estimate of drug-likeness (QED) is 0.355. The molecule has 0 amide bonds. The van der Waals surface area contributed by atoms with Crippen molar-refractivity contribution in [1.82, 2.24) is 8.87 Å². The van der Waals surface area contributed by atoms with Gasteiger partial charge in [-0.15, -0.1) is 0 Å². The normalized spacial score (nSPS) is 13.1. The number of rotatable bonds is 8. The van der Waals surface area contributed by atoms with E-state index in [1.165, 1.54) is 16.9 Å². The second-order valence-electron chi connectivity index (χ2n) is 6.70. The van der Waals surface area contributed by atoms with Crippen molar-refractivity contribution in [2.24, 2.45) is 7.05 Å². The second kappa shape index (κ2) is 8.51. The van der Waals surface area contributed by atoms with E-state index in [0.29, 0.717) is 26.5 Å². The van der Waals surface area contributed by atoms with Crippen molar-refractivity contribution in [2.45, 2.75) is 18.8 Å². The molecule has 154 valence electrons. The number of hydrogen-bond donors (Lipinski definition) is 3. The van der Waals surface area contributed by atoms with Gasteiger partial charge >= 0.3 is 17.4 Å². The minimum absolute atomic E-state index is 0.0850. The number of furan rings is 1. The Hall–Kier alpha value is -2.44. The summed E-state index contributed by atoms with van der Waals surface area (Å²) in [6.07, 6.45) is 1.41. The summed E-state index contributed by atoms with van der Waals surface area (Å²) in [6, 6.07) is 11.6. The van der Waals surface area contributed by atoms with Crippen LogP contribution in [0.3, 0.4) is 0 Å². The standard InChI is InChI=1S/C18H21BN2O7S/c1-20-14(5-4-8-18(20)22)9-10-21(29(25,26)27)17(19(23)24)11-13-12-28-16-7-3-2-6-15(13)16/h2-8,12,17,23-24H,9-11H2,1H3,(H,25,26,27)/t17-/m0/s1. The van der Waals surface area contributed by atoms with E-state index in [9.17, 15) is 27.8 Å². The van der Waals surface area contributed by atoms with Crippen LogP contribution >= 0.6 is 0 Å². The highest BCUT2D eigenvalue weighted by Crippen LogP contribution is 2.24. The van der Waals surface area contributed by atoms with Gasteiger partial charge in [-0.25, -0.2) is 0 Å². The molecule has 0 bridgehead atoms. The average Bonchev–Trinajstić information content (AvgIpc) is 3.06. The molecular weight excluding hydrogens is 399 g/mol. The van der Waals surface area contributed by atoms with Crippen LogP contribution in [0, 0.1) is 0 Å². The van der Waals surface area contributed by atoms with Gasteiger partial charge in [0.05, 0.1) is 12.2 Å². The molecule has 11 heteroatoms. The molecule has 0 fully saturated rings. The monoisotopic (exact) mass is 420 g/mol. The van der Waals surface area contributed by atoms with Crippen LogP contribution in [0.15, 0.2) is 57.9 Å². The van der Waals surface area contributed by atoms with E-state index >= 15 is 0 Å². The highest BCUT2D eigenvalue weighted by atomic mass is 32.2. The fourth-order valence-electron chi connectivity index (χ4n) is 3.31. The van der Waals surface area contributed by atoms with Gasteiger partial charge in [-0.1, -0.05) is 24.3 Å². The molecule has 0 aliphatic rings. The maximum atomic E-state index is 12.0. The summed E-state index contributed by atoms with van der Waals surface area (Å²) in [6.45, 7) is -0.256. The molecule has 0 radical (unpaired) electrons. The van der Waals surface area contributed by atoms with Gasteiger partial charge in [-0.2, -0.15) is 12.7 Å². The molecule has 0 saturated carbocycles. The summed E-state index contributed by atoms with van der Waals surface area (Å²) >= 11 is 0. The molecule has 3 aromatic rings. The van der Waals surface area contributed by atoms with E-state index in [1.807, 2.05) is 0 Å². The minimum Gasteiger partial charge on any atom is -0.464 e. The van der Waals surface area contributed by atoms with Crippen molar-refractivity contribution in [3.8, 4) is 0 Å². The number of benzene rings is 1. The number of nitrogens with zero attached hydrogens (tertiary/aromatic N) is 2. The first kappa shape index (κ1) is 21.3. The van der Waals surface area contributed by atoms with Crippen LogP contribution in [0.1, 0.15) is 11.3 Å². The number of pyridine rings is 1. The first-order valence-electron chi connectivity index (χ1n) is 8.89. The third-order valence-corrected chi connectivity index (χ3v) is 5.92. The van der Waals surface area contributed by atoms with Crippen LogP contribution in [0.25, 0.3) is 11.0 Å². The van der Waals surface area contributed by atoms with Crippen LogP contribution in [0.4, 0.5) is 0 Å². The van der Waals surface area contributed by atoms with Gasteiger partial charge < -0.3 is 19.0 Å².